The Hall–Kier alpha value is -3.62. The molecule has 2 aliphatic carbocycles. The zero-order chi connectivity index (χ0) is 22.5. The molecular formula is C24H27N7O. The molecule has 1 aromatic carbocycles. The zero-order valence-electron chi connectivity index (χ0n) is 18.3. The van der Waals surface area contributed by atoms with Crippen molar-refractivity contribution in [1.82, 2.24) is 20.6 Å². The van der Waals surface area contributed by atoms with Crippen molar-refractivity contribution in [2.24, 2.45) is 5.92 Å². The van der Waals surface area contributed by atoms with Gasteiger partial charge in [-0.05, 0) is 57.9 Å². The van der Waals surface area contributed by atoms with E-state index in [4.69, 9.17) is 5.26 Å². The molecule has 1 atom stereocenters. The topological polar surface area (TPSA) is 115 Å². The van der Waals surface area contributed by atoms with Crippen molar-refractivity contribution in [2.45, 2.75) is 50.7 Å². The highest BCUT2D eigenvalue weighted by Gasteiger charge is 2.30. The summed E-state index contributed by atoms with van der Waals surface area (Å²) in [5, 5.41) is 21.7. The summed E-state index contributed by atoms with van der Waals surface area (Å²) in [4.78, 5) is 21.0. The Morgan fingerprint density at radius 1 is 1.25 bits per heavy atom. The number of benzene rings is 1. The molecule has 0 aliphatic heterocycles. The fourth-order valence-electron chi connectivity index (χ4n) is 3.35. The Morgan fingerprint density at radius 3 is 2.78 bits per heavy atom. The number of nitriles is 1. The van der Waals surface area contributed by atoms with Crippen LogP contribution in [0.2, 0.25) is 0 Å². The smallest absolute Gasteiger partial charge is 0.237 e. The van der Waals surface area contributed by atoms with Crippen molar-refractivity contribution < 1.29 is 4.79 Å². The molecule has 4 rings (SSSR count). The maximum absolute atomic E-state index is 12.0. The second-order valence-electron chi connectivity index (χ2n) is 8.35. The second-order valence-corrected chi connectivity index (χ2v) is 8.35. The minimum Gasteiger partial charge on any atom is -0.366 e. The molecule has 1 amide bonds. The number of anilines is 3. The van der Waals surface area contributed by atoms with E-state index in [0.717, 1.165) is 42.8 Å². The van der Waals surface area contributed by atoms with Crippen LogP contribution in [0.4, 0.5) is 17.5 Å². The summed E-state index contributed by atoms with van der Waals surface area (Å²) in [5.41, 5.74) is 2.10. The predicted molar refractivity (Wildman–Crippen MR) is 123 cm³/mol. The van der Waals surface area contributed by atoms with Crippen LogP contribution in [0.1, 0.15) is 43.7 Å². The van der Waals surface area contributed by atoms with Crippen LogP contribution < -0.4 is 21.3 Å². The third-order valence-electron chi connectivity index (χ3n) is 5.68. The number of carbonyl (C=O) groups is 1. The summed E-state index contributed by atoms with van der Waals surface area (Å²) in [5.74, 6) is 8.00. The van der Waals surface area contributed by atoms with E-state index >= 15 is 0 Å². The van der Waals surface area contributed by atoms with Gasteiger partial charge in [0.1, 0.15) is 5.82 Å². The van der Waals surface area contributed by atoms with Crippen LogP contribution in [0.15, 0.2) is 30.5 Å². The molecule has 8 heteroatoms. The lowest BCUT2D eigenvalue weighted by Crippen LogP contribution is -2.49. The van der Waals surface area contributed by atoms with Gasteiger partial charge in [0, 0.05) is 23.7 Å². The van der Waals surface area contributed by atoms with Crippen LogP contribution in [-0.4, -0.2) is 41.0 Å². The molecule has 1 aromatic heterocycles. The number of nitrogens with zero attached hydrogens (tertiary/aromatic N) is 3. The Bertz CT molecular complexity index is 1090. The maximum atomic E-state index is 12.0. The van der Waals surface area contributed by atoms with Gasteiger partial charge in [-0.15, -0.1) is 0 Å². The summed E-state index contributed by atoms with van der Waals surface area (Å²) < 4.78 is 0. The minimum atomic E-state index is -0.192. The van der Waals surface area contributed by atoms with Crippen LogP contribution in [0.25, 0.3) is 0 Å². The van der Waals surface area contributed by atoms with Crippen molar-refractivity contribution in [3.05, 3.63) is 41.6 Å². The molecule has 4 N–H and O–H groups in total. The van der Waals surface area contributed by atoms with E-state index in [9.17, 15) is 4.79 Å². The quantitative estimate of drug-likeness (QED) is 0.500. The highest BCUT2D eigenvalue weighted by atomic mass is 16.2. The standard InChI is InChI=1S/C24H27N7O/c1-15(26-2)23(32)29-21-10-16(11-21)6-7-18-14-27-24(31-22(18)28-19-8-9-19)30-20-5-3-4-17(12-20)13-25/h3-5,12,14-16,19,21,26H,8-11H2,1-2H3,(H,29,32)(H2,27,28,30,31)/t15-,16?,21?/m0/s1. The Kier molecular flexibility index (Phi) is 6.53. The molecule has 164 valence electrons. The van der Waals surface area contributed by atoms with E-state index < -0.39 is 0 Å². The first-order chi connectivity index (χ1) is 15.5. The van der Waals surface area contributed by atoms with E-state index in [0.29, 0.717) is 17.6 Å². The third-order valence-corrected chi connectivity index (χ3v) is 5.68. The van der Waals surface area contributed by atoms with E-state index in [1.54, 1.807) is 25.4 Å². The van der Waals surface area contributed by atoms with E-state index in [1.165, 1.54) is 0 Å². The molecule has 1 heterocycles. The van der Waals surface area contributed by atoms with Crippen molar-refractivity contribution in [1.29, 1.82) is 5.26 Å². The highest BCUT2D eigenvalue weighted by Crippen LogP contribution is 2.28. The van der Waals surface area contributed by atoms with Crippen molar-refractivity contribution in [3.8, 4) is 17.9 Å². The largest absolute Gasteiger partial charge is 0.366 e. The number of hydrogen-bond acceptors (Lipinski definition) is 7. The minimum absolute atomic E-state index is 0.0247. The van der Waals surface area contributed by atoms with Gasteiger partial charge in [-0.25, -0.2) is 4.98 Å². The first-order valence-corrected chi connectivity index (χ1v) is 10.9. The van der Waals surface area contributed by atoms with Crippen LogP contribution >= 0.6 is 0 Å². The molecule has 0 unspecified atom stereocenters. The monoisotopic (exact) mass is 429 g/mol. The number of likely N-dealkylation sites (N-methyl/N-ethyl adjacent to an activating group) is 1. The maximum Gasteiger partial charge on any atom is 0.237 e. The van der Waals surface area contributed by atoms with Crippen molar-refractivity contribution >= 4 is 23.4 Å². The average Bonchev–Trinajstić information content (AvgIpc) is 3.59. The summed E-state index contributed by atoms with van der Waals surface area (Å²) in [7, 11) is 1.78. The number of carbonyl (C=O) groups excluding carboxylic acids is 1. The van der Waals surface area contributed by atoms with Gasteiger partial charge >= 0.3 is 0 Å². The first-order valence-electron chi connectivity index (χ1n) is 10.9. The highest BCUT2D eigenvalue weighted by molar-refractivity contribution is 5.81. The first kappa shape index (κ1) is 21.6. The molecule has 0 saturated heterocycles. The van der Waals surface area contributed by atoms with Crippen LogP contribution in [0.3, 0.4) is 0 Å². The van der Waals surface area contributed by atoms with Gasteiger partial charge in [-0.2, -0.15) is 10.2 Å². The summed E-state index contributed by atoms with van der Waals surface area (Å²) >= 11 is 0. The Labute approximate surface area is 188 Å². The summed E-state index contributed by atoms with van der Waals surface area (Å²) in [6.45, 7) is 1.85. The van der Waals surface area contributed by atoms with E-state index in [2.05, 4.69) is 49.1 Å². The zero-order valence-corrected chi connectivity index (χ0v) is 18.3. The molecule has 2 aliphatic rings. The molecule has 0 spiro atoms. The van der Waals surface area contributed by atoms with Gasteiger partial charge < -0.3 is 21.3 Å². The van der Waals surface area contributed by atoms with E-state index in [1.807, 2.05) is 19.1 Å². The lowest BCUT2D eigenvalue weighted by molar-refractivity contribution is -0.124. The van der Waals surface area contributed by atoms with Crippen molar-refractivity contribution in [3.63, 3.8) is 0 Å². The Balaban J connectivity index is 1.41. The van der Waals surface area contributed by atoms with Gasteiger partial charge in [-0.1, -0.05) is 17.9 Å². The average molecular weight is 430 g/mol. The van der Waals surface area contributed by atoms with Crippen molar-refractivity contribution in [2.75, 3.05) is 17.7 Å². The molecule has 2 fully saturated rings. The number of hydrogen-bond donors (Lipinski definition) is 4. The van der Waals surface area contributed by atoms with Crippen LogP contribution in [0, 0.1) is 29.1 Å². The molecule has 2 saturated carbocycles. The number of nitrogens with one attached hydrogen (secondary N) is 4. The van der Waals surface area contributed by atoms with Gasteiger partial charge in [0.25, 0.3) is 0 Å². The predicted octanol–water partition coefficient (Wildman–Crippen LogP) is 2.52. The number of aromatic nitrogens is 2. The molecule has 8 nitrogen and oxygen atoms in total. The van der Waals surface area contributed by atoms with Gasteiger partial charge in [0.05, 0.1) is 29.4 Å². The van der Waals surface area contributed by atoms with Crippen LogP contribution in [-0.2, 0) is 4.79 Å². The van der Waals surface area contributed by atoms with Gasteiger partial charge in [-0.3, -0.25) is 4.79 Å². The number of amides is 1. The summed E-state index contributed by atoms with van der Waals surface area (Å²) in [6.07, 6.45) is 5.69. The fraction of sp³-hybridized carbons (Fsp3) is 0.417. The molecule has 0 bridgehead atoms. The molecular weight excluding hydrogens is 402 g/mol. The molecule has 32 heavy (non-hydrogen) atoms. The van der Waals surface area contributed by atoms with E-state index in [-0.39, 0.29) is 23.9 Å². The van der Waals surface area contributed by atoms with Crippen LogP contribution in [0.5, 0.6) is 0 Å². The Morgan fingerprint density at radius 2 is 2.06 bits per heavy atom. The molecule has 0 radical (unpaired) electrons. The lowest BCUT2D eigenvalue weighted by Gasteiger charge is -2.33. The van der Waals surface area contributed by atoms with Gasteiger partial charge in [0.15, 0.2) is 0 Å². The second kappa shape index (κ2) is 9.67. The summed E-state index contributed by atoms with van der Waals surface area (Å²) in [6, 6.07) is 9.75. The lowest BCUT2D eigenvalue weighted by atomic mass is 9.80. The SMILES string of the molecule is CN[C@@H](C)C(=O)NC1CC(C#Cc2cnc(Nc3cccc(C#N)c3)nc2NC2CC2)C1. The molecule has 2 aromatic rings. The normalized spacial score (nSPS) is 20.0. The third kappa shape index (κ3) is 5.54. The fourth-order valence-corrected chi connectivity index (χ4v) is 3.35. The number of rotatable bonds is 7. The van der Waals surface area contributed by atoms with Gasteiger partial charge in [0.2, 0.25) is 11.9 Å².